The second-order valence-electron chi connectivity index (χ2n) is 7.71. The highest BCUT2D eigenvalue weighted by Gasteiger charge is 2.44. The van der Waals surface area contributed by atoms with Crippen LogP contribution in [0.3, 0.4) is 0 Å². The van der Waals surface area contributed by atoms with E-state index < -0.39 is 23.8 Å². The first-order chi connectivity index (χ1) is 14.4. The normalized spacial score (nSPS) is 26.0. The number of nitrogens with one attached hydrogen (secondary N) is 1. The minimum Gasteiger partial charge on any atom is -0.474 e. The molecule has 152 valence electrons. The smallest absolute Gasteiger partial charge is 0.257 e. The van der Waals surface area contributed by atoms with Crippen LogP contribution in [-0.4, -0.2) is 18.0 Å². The second kappa shape index (κ2) is 6.79. The van der Waals surface area contributed by atoms with Crippen molar-refractivity contribution in [3.8, 4) is 0 Å². The Morgan fingerprint density at radius 1 is 1.13 bits per heavy atom. The van der Waals surface area contributed by atoms with Crippen LogP contribution in [0.15, 0.2) is 65.9 Å². The summed E-state index contributed by atoms with van der Waals surface area (Å²) in [6, 6.07) is 10.7. The summed E-state index contributed by atoms with van der Waals surface area (Å²) in [6.45, 7) is 1.60. The van der Waals surface area contributed by atoms with Crippen LogP contribution in [0, 0.1) is 17.6 Å². The van der Waals surface area contributed by atoms with Crippen molar-refractivity contribution in [1.29, 1.82) is 0 Å². The number of rotatable bonds is 3. The molecule has 5 nitrogen and oxygen atoms in total. The zero-order valence-electron chi connectivity index (χ0n) is 16.1. The fourth-order valence-electron chi connectivity index (χ4n) is 4.45. The van der Waals surface area contributed by atoms with Crippen molar-refractivity contribution >= 4 is 17.5 Å². The molecule has 7 heteroatoms. The number of amides is 2. The Balaban J connectivity index is 1.43. The molecule has 0 radical (unpaired) electrons. The van der Waals surface area contributed by atoms with E-state index >= 15 is 0 Å². The van der Waals surface area contributed by atoms with Crippen LogP contribution < -0.4 is 10.2 Å². The van der Waals surface area contributed by atoms with Crippen LogP contribution in [0.2, 0.25) is 0 Å². The highest BCUT2D eigenvalue weighted by atomic mass is 19.1. The summed E-state index contributed by atoms with van der Waals surface area (Å²) in [5, 5.41) is 2.99. The number of ether oxygens (including phenoxy) is 1. The Hall–Kier alpha value is -3.48. The van der Waals surface area contributed by atoms with Gasteiger partial charge >= 0.3 is 0 Å². The van der Waals surface area contributed by atoms with E-state index in [4.69, 9.17) is 4.74 Å². The molecule has 0 saturated carbocycles. The molecule has 2 aromatic carbocycles. The summed E-state index contributed by atoms with van der Waals surface area (Å²) in [5.74, 6) is -2.27. The average molecular weight is 408 g/mol. The lowest BCUT2D eigenvalue weighted by molar-refractivity contribution is -0.116. The molecule has 3 aliphatic rings. The van der Waals surface area contributed by atoms with Gasteiger partial charge in [0.25, 0.3) is 11.8 Å². The Labute approximate surface area is 171 Å². The number of benzene rings is 2. The Morgan fingerprint density at radius 2 is 1.87 bits per heavy atom. The lowest BCUT2D eigenvalue weighted by Crippen LogP contribution is -2.35. The first kappa shape index (κ1) is 18.5. The monoisotopic (exact) mass is 408 g/mol. The lowest BCUT2D eigenvalue weighted by Gasteiger charge is -2.24. The topological polar surface area (TPSA) is 58.6 Å². The van der Waals surface area contributed by atoms with Crippen LogP contribution in [0.5, 0.6) is 0 Å². The molecule has 0 spiro atoms. The highest BCUT2D eigenvalue weighted by molar-refractivity contribution is 6.08. The average Bonchev–Trinajstić information content (AvgIpc) is 3.29. The summed E-state index contributed by atoms with van der Waals surface area (Å²) < 4.78 is 33.2. The third-order valence-electron chi connectivity index (χ3n) is 5.84. The molecule has 3 atom stereocenters. The molecule has 1 saturated heterocycles. The largest absolute Gasteiger partial charge is 0.474 e. The summed E-state index contributed by atoms with van der Waals surface area (Å²) in [7, 11) is 0. The second-order valence-corrected chi connectivity index (χ2v) is 7.71. The number of halogens is 2. The summed E-state index contributed by atoms with van der Waals surface area (Å²) in [5.41, 5.74) is 3.22. The number of hydrogen-bond acceptors (Lipinski definition) is 3. The van der Waals surface area contributed by atoms with Gasteiger partial charge < -0.3 is 10.1 Å². The molecule has 5 rings (SSSR count). The van der Waals surface area contributed by atoms with Gasteiger partial charge in [-0.3, -0.25) is 14.5 Å². The predicted octanol–water partition coefficient (Wildman–Crippen LogP) is 3.53. The third kappa shape index (κ3) is 2.89. The van der Waals surface area contributed by atoms with Crippen molar-refractivity contribution in [1.82, 2.24) is 5.32 Å². The van der Waals surface area contributed by atoms with Gasteiger partial charge in [0.05, 0.1) is 23.6 Å². The van der Waals surface area contributed by atoms with Crippen molar-refractivity contribution in [2.45, 2.75) is 25.6 Å². The summed E-state index contributed by atoms with van der Waals surface area (Å²) in [6.07, 6.45) is 2.76. The molecule has 1 fully saturated rings. The Kier molecular flexibility index (Phi) is 4.20. The van der Waals surface area contributed by atoms with Gasteiger partial charge in [-0.1, -0.05) is 24.3 Å². The van der Waals surface area contributed by atoms with Gasteiger partial charge in [0, 0.05) is 17.6 Å². The van der Waals surface area contributed by atoms with E-state index in [1.165, 1.54) is 16.7 Å². The van der Waals surface area contributed by atoms with Crippen LogP contribution in [0.25, 0.3) is 0 Å². The van der Waals surface area contributed by atoms with Crippen molar-refractivity contribution in [2.75, 3.05) is 4.90 Å². The summed E-state index contributed by atoms with van der Waals surface area (Å²) in [4.78, 5) is 26.3. The number of fused-ring (bicyclic) bond motifs is 3. The number of nitrogens with zero attached hydrogens (tertiary/aromatic N) is 1. The number of hydrogen-bond donors (Lipinski definition) is 1. The first-order valence-electron chi connectivity index (χ1n) is 9.64. The maximum atomic E-state index is 13.7. The van der Waals surface area contributed by atoms with Crippen LogP contribution in [0.4, 0.5) is 14.5 Å². The number of anilines is 1. The fourth-order valence-corrected chi connectivity index (χ4v) is 4.45. The predicted molar refractivity (Wildman–Crippen MR) is 105 cm³/mol. The molecule has 0 bridgehead atoms. The highest BCUT2D eigenvalue weighted by Crippen LogP contribution is 2.44. The number of carbonyl (C=O) groups excluding carboxylic acids is 2. The molecule has 0 aromatic heterocycles. The van der Waals surface area contributed by atoms with Crippen molar-refractivity contribution < 1.29 is 23.1 Å². The van der Waals surface area contributed by atoms with Gasteiger partial charge in [0.1, 0.15) is 11.6 Å². The fraction of sp³-hybridized carbons (Fsp3) is 0.217. The first-order valence-corrected chi connectivity index (χ1v) is 9.64. The van der Waals surface area contributed by atoms with Crippen LogP contribution in [-0.2, 0) is 20.7 Å². The maximum Gasteiger partial charge on any atom is 0.257 e. The van der Waals surface area contributed by atoms with Gasteiger partial charge in [-0.05, 0) is 42.7 Å². The standard InChI is InChI=1S/C23H18F2N2O3/c1-12-6-20(27(23(12)29)16-9-14(24)8-15(25)10-16)30-11-19-18-7-13-4-2-3-5-17(13)21(18)26-22(19)28/h2-6,8-11,18,20-21H,7H2,1H3,(H,26,28). The molecule has 2 heterocycles. The zero-order valence-corrected chi connectivity index (χ0v) is 16.1. The van der Waals surface area contributed by atoms with E-state index in [2.05, 4.69) is 5.32 Å². The lowest BCUT2D eigenvalue weighted by atomic mass is 9.97. The zero-order chi connectivity index (χ0) is 21.0. The van der Waals surface area contributed by atoms with E-state index in [0.717, 1.165) is 23.8 Å². The van der Waals surface area contributed by atoms with E-state index in [9.17, 15) is 18.4 Å². The minimum absolute atomic E-state index is 0.0519. The molecule has 2 amide bonds. The van der Waals surface area contributed by atoms with E-state index in [-0.39, 0.29) is 23.6 Å². The third-order valence-corrected chi connectivity index (χ3v) is 5.84. The van der Waals surface area contributed by atoms with Crippen molar-refractivity contribution in [2.24, 2.45) is 5.92 Å². The molecule has 30 heavy (non-hydrogen) atoms. The van der Waals surface area contributed by atoms with Gasteiger partial charge in [-0.15, -0.1) is 0 Å². The molecule has 2 aromatic rings. The Bertz CT molecular complexity index is 1120. The minimum atomic E-state index is -0.901. The van der Waals surface area contributed by atoms with Crippen molar-refractivity contribution in [3.63, 3.8) is 0 Å². The molecule has 2 aliphatic heterocycles. The van der Waals surface area contributed by atoms with E-state index in [1.807, 2.05) is 24.3 Å². The SMILES string of the molecule is CC1=CC(OC=C2C(=O)NC3c4ccccc4CC23)N(c2cc(F)cc(F)c2)C1=O. The molecular weight excluding hydrogens is 390 g/mol. The van der Waals surface area contributed by atoms with Gasteiger partial charge in [-0.25, -0.2) is 8.78 Å². The van der Waals surface area contributed by atoms with Crippen molar-refractivity contribution in [3.05, 3.63) is 88.7 Å². The number of carbonyl (C=O) groups is 2. The molecule has 1 aliphatic carbocycles. The quantitative estimate of drug-likeness (QED) is 0.625. The Morgan fingerprint density at radius 3 is 2.63 bits per heavy atom. The van der Waals surface area contributed by atoms with E-state index in [0.29, 0.717) is 17.6 Å². The summed E-state index contributed by atoms with van der Waals surface area (Å²) >= 11 is 0. The van der Waals surface area contributed by atoms with Gasteiger partial charge in [0.15, 0.2) is 6.23 Å². The van der Waals surface area contributed by atoms with Gasteiger partial charge in [0.2, 0.25) is 0 Å². The molecular formula is C23H18F2N2O3. The van der Waals surface area contributed by atoms with E-state index in [1.54, 1.807) is 13.0 Å². The van der Waals surface area contributed by atoms with Crippen LogP contribution in [0.1, 0.15) is 24.1 Å². The maximum absolute atomic E-state index is 13.7. The molecule has 1 N–H and O–H groups in total. The van der Waals surface area contributed by atoms with Crippen LogP contribution >= 0.6 is 0 Å². The van der Waals surface area contributed by atoms with Gasteiger partial charge in [-0.2, -0.15) is 0 Å². The molecule has 3 unspecified atom stereocenters.